The SMILES string of the molecule is Cc1cccc(C)c1NC(=O)Nc1ccc(N2CCN(C(=O)c3ccc4ccccc4c3)CC2)cc1. The summed E-state index contributed by atoms with van der Waals surface area (Å²) < 4.78 is 0. The summed E-state index contributed by atoms with van der Waals surface area (Å²) in [5.74, 6) is 0.0786. The number of urea groups is 1. The van der Waals surface area contributed by atoms with Gasteiger partial charge in [-0.1, -0.05) is 48.5 Å². The molecular formula is C30H30N4O2. The average molecular weight is 479 g/mol. The van der Waals surface area contributed by atoms with Crippen molar-refractivity contribution >= 4 is 39.8 Å². The zero-order valence-corrected chi connectivity index (χ0v) is 20.6. The molecule has 1 fully saturated rings. The van der Waals surface area contributed by atoms with Crippen LogP contribution in [0.4, 0.5) is 21.9 Å². The van der Waals surface area contributed by atoms with Crippen LogP contribution in [0.5, 0.6) is 0 Å². The second kappa shape index (κ2) is 10.1. The van der Waals surface area contributed by atoms with Gasteiger partial charge in [-0.2, -0.15) is 0 Å². The third kappa shape index (κ3) is 5.03. The minimum Gasteiger partial charge on any atom is -0.368 e. The first-order valence-electron chi connectivity index (χ1n) is 12.3. The molecule has 36 heavy (non-hydrogen) atoms. The van der Waals surface area contributed by atoms with Crippen LogP contribution in [0.1, 0.15) is 21.5 Å². The lowest BCUT2D eigenvalue weighted by Crippen LogP contribution is -2.48. The van der Waals surface area contributed by atoms with Gasteiger partial charge in [-0.15, -0.1) is 0 Å². The third-order valence-electron chi connectivity index (χ3n) is 6.77. The molecule has 1 aliphatic rings. The number of hydrogen-bond donors (Lipinski definition) is 2. The van der Waals surface area contributed by atoms with Gasteiger partial charge in [0.25, 0.3) is 5.91 Å². The molecule has 6 nitrogen and oxygen atoms in total. The molecule has 4 aromatic rings. The summed E-state index contributed by atoms with van der Waals surface area (Å²) in [7, 11) is 0. The molecule has 1 saturated heterocycles. The first kappa shape index (κ1) is 23.4. The van der Waals surface area contributed by atoms with Gasteiger partial charge in [0, 0.05) is 48.8 Å². The van der Waals surface area contributed by atoms with Gasteiger partial charge in [0.15, 0.2) is 0 Å². The Morgan fingerprint density at radius 2 is 1.36 bits per heavy atom. The number of aryl methyl sites for hydroxylation is 2. The summed E-state index contributed by atoms with van der Waals surface area (Å²) >= 11 is 0. The highest BCUT2D eigenvalue weighted by Crippen LogP contribution is 2.23. The number of para-hydroxylation sites is 1. The van der Waals surface area contributed by atoms with Crippen molar-refractivity contribution < 1.29 is 9.59 Å². The van der Waals surface area contributed by atoms with Gasteiger partial charge in [-0.25, -0.2) is 4.79 Å². The van der Waals surface area contributed by atoms with Gasteiger partial charge >= 0.3 is 6.03 Å². The van der Waals surface area contributed by atoms with Crippen LogP contribution in [0.15, 0.2) is 84.9 Å². The third-order valence-corrected chi connectivity index (χ3v) is 6.77. The standard InChI is InChI=1S/C30H30N4O2/c1-21-6-5-7-22(2)28(21)32-30(36)31-26-12-14-27(15-13-26)33-16-18-34(19-17-33)29(35)25-11-10-23-8-3-4-9-24(23)20-25/h3-15,20H,16-19H2,1-2H3,(H2,31,32,36). The minimum absolute atomic E-state index is 0.0786. The number of carbonyl (C=O) groups is 2. The number of piperazine rings is 1. The molecule has 6 heteroatoms. The van der Waals surface area contributed by atoms with E-state index in [0.717, 1.165) is 57.6 Å². The van der Waals surface area contributed by atoms with Gasteiger partial charge in [0.2, 0.25) is 0 Å². The van der Waals surface area contributed by atoms with Crippen LogP contribution in [0.3, 0.4) is 0 Å². The normalized spacial score (nSPS) is 13.5. The van der Waals surface area contributed by atoms with Crippen molar-refractivity contribution in [2.24, 2.45) is 0 Å². The zero-order chi connectivity index (χ0) is 25.1. The van der Waals surface area contributed by atoms with Crippen molar-refractivity contribution in [3.63, 3.8) is 0 Å². The number of rotatable bonds is 4. The van der Waals surface area contributed by atoms with E-state index in [1.54, 1.807) is 0 Å². The lowest BCUT2D eigenvalue weighted by Gasteiger charge is -2.36. The molecule has 0 atom stereocenters. The highest BCUT2D eigenvalue weighted by Gasteiger charge is 2.22. The molecule has 0 radical (unpaired) electrons. The van der Waals surface area contributed by atoms with E-state index in [0.29, 0.717) is 13.1 Å². The second-order valence-electron chi connectivity index (χ2n) is 9.23. The summed E-state index contributed by atoms with van der Waals surface area (Å²) in [5, 5.41) is 8.07. The van der Waals surface area contributed by atoms with Crippen LogP contribution in [0.25, 0.3) is 10.8 Å². The summed E-state index contributed by atoms with van der Waals surface area (Å²) in [6.45, 7) is 6.82. The van der Waals surface area contributed by atoms with Crippen LogP contribution in [0, 0.1) is 13.8 Å². The topological polar surface area (TPSA) is 64.7 Å². The number of anilines is 3. The quantitative estimate of drug-likeness (QED) is 0.375. The van der Waals surface area contributed by atoms with Gasteiger partial charge in [-0.05, 0) is 72.1 Å². The van der Waals surface area contributed by atoms with E-state index in [1.165, 1.54) is 0 Å². The Bertz CT molecular complexity index is 1390. The fraction of sp³-hybridized carbons (Fsp3) is 0.200. The molecule has 4 aromatic carbocycles. The van der Waals surface area contributed by atoms with Gasteiger partial charge in [0.1, 0.15) is 0 Å². The van der Waals surface area contributed by atoms with Crippen LogP contribution in [0.2, 0.25) is 0 Å². The average Bonchev–Trinajstić information content (AvgIpc) is 2.91. The van der Waals surface area contributed by atoms with Crippen LogP contribution >= 0.6 is 0 Å². The van der Waals surface area contributed by atoms with E-state index in [2.05, 4.69) is 21.6 Å². The van der Waals surface area contributed by atoms with Crippen LogP contribution in [-0.2, 0) is 0 Å². The number of benzene rings is 4. The lowest BCUT2D eigenvalue weighted by atomic mass is 10.1. The molecule has 0 aromatic heterocycles. The maximum atomic E-state index is 13.1. The van der Waals surface area contributed by atoms with Crippen LogP contribution in [-0.4, -0.2) is 43.0 Å². The summed E-state index contributed by atoms with van der Waals surface area (Å²) in [5.41, 5.74) is 5.43. The Kier molecular flexibility index (Phi) is 6.58. The van der Waals surface area contributed by atoms with E-state index in [-0.39, 0.29) is 11.9 Å². The Hall–Kier alpha value is -4.32. The molecule has 5 rings (SSSR count). The van der Waals surface area contributed by atoms with Crippen molar-refractivity contribution in [3.05, 3.63) is 102 Å². The number of nitrogens with one attached hydrogen (secondary N) is 2. The molecule has 0 unspecified atom stereocenters. The van der Waals surface area contributed by atoms with Crippen molar-refractivity contribution in [3.8, 4) is 0 Å². The van der Waals surface area contributed by atoms with Crippen molar-refractivity contribution in [1.29, 1.82) is 0 Å². The van der Waals surface area contributed by atoms with E-state index < -0.39 is 0 Å². The predicted molar refractivity (Wildman–Crippen MR) is 147 cm³/mol. The second-order valence-corrected chi connectivity index (χ2v) is 9.23. The van der Waals surface area contributed by atoms with E-state index >= 15 is 0 Å². The maximum absolute atomic E-state index is 13.1. The first-order valence-corrected chi connectivity index (χ1v) is 12.3. The minimum atomic E-state index is -0.263. The van der Waals surface area contributed by atoms with Crippen molar-refractivity contribution in [2.75, 3.05) is 41.7 Å². The molecule has 1 aliphatic heterocycles. The number of amides is 3. The number of carbonyl (C=O) groups excluding carboxylic acids is 2. The summed E-state index contributed by atoms with van der Waals surface area (Å²) in [6, 6.07) is 27.5. The summed E-state index contributed by atoms with van der Waals surface area (Å²) in [4.78, 5) is 29.8. The Morgan fingerprint density at radius 1 is 0.694 bits per heavy atom. The van der Waals surface area contributed by atoms with Gasteiger partial charge < -0.3 is 20.4 Å². The van der Waals surface area contributed by atoms with Crippen molar-refractivity contribution in [2.45, 2.75) is 13.8 Å². The van der Waals surface area contributed by atoms with Gasteiger partial charge in [0.05, 0.1) is 0 Å². The van der Waals surface area contributed by atoms with Gasteiger partial charge in [-0.3, -0.25) is 4.79 Å². The molecule has 2 N–H and O–H groups in total. The fourth-order valence-corrected chi connectivity index (χ4v) is 4.72. The van der Waals surface area contributed by atoms with Crippen molar-refractivity contribution in [1.82, 2.24) is 4.90 Å². The molecule has 0 saturated carbocycles. The highest BCUT2D eigenvalue weighted by molar-refractivity contribution is 6.01. The van der Waals surface area contributed by atoms with E-state index in [4.69, 9.17) is 0 Å². The Balaban J connectivity index is 1.16. The number of nitrogens with zero attached hydrogens (tertiary/aromatic N) is 2. The highest BCUT2D eigenvalue weighted by atomic mass is 16.2. The number of hydrogen-bond acceptors (Lipinski definition) is 3. The predicted octanol–water partition coefficient (Wildman–Crippen LogP) is 6.06. The first-order chi connectivity index (χ1) is 17.5. The molecule has 1 heterocycles. The van der Waals surface area contributed by atoms with Crippen LogP contribution < -0.4 is 15.5 Å². The summed E-state index contributed by atoms with van der Waals surface area (Å²) in [6.07, 6.45) is 0. The number of fused-ring (bicyclic) bond motifs is 1. The monoisotopic (exact) mass is 478 g/mol. The zero-order valence-electron chi connectivity index (χ0n) is 20.6. The molecule has 182 valence electrons. The fourth-order valence-electron chi connectivity index (χ4n) is 4.72. The molecule has 3 amide bonds. The Labute approximate surface area is 211 Å². The lowest BCUT2D eigenvalue weighted by molar-refractivity contribution is 0.0747. The Morgan fingerprint density at radius 3 is 2.06 bits per heavy atom. The van der Waals surface area contributed by atoms with E-state index in [9.17, 15) is 9.59 Å². The smallest absolute Gasteiger partial charge is 0.323 e. The maximum Gasteiger partial charge on any atom is 0.323 e. The molecule has 0 spiro atoms. The molecular weight excluding hydrogens is 448 g/mol. The van der Waals surface area contributed by atoms with E-state index in [1.807, 2.05) is 97.6 Å². The molecule has 0 bridgehead atoms. The molecule has 0 aliphatic carbocycles. The largest absolute Gasteiger partial charge is 0.368 e.